The van der Waals surface area contributed by atoms with E-state index in [-0.39, 0.29) is 12.6 Å². The molecule has 0 amide bonds. The van der Waals surface area contributed by atoms with Crippen LogP contribution in [-0.4, -0.2) is 31.7 Å². The molecule has 1 atom stereocenters. The van der Waals surface area contributed by atoms with Gasteiger partial charge in [-0.3, -0.25) is 4.98 Å². The zero-order chi connectivity index (χ0) is 12.7. The van der Waals surface area contributed by atoms with Gasteiger partial charge in [0.05, 0.1) is 6.20 Å². The highest BCUT2D eigenvalue weighted by atomic mass is 19.3. The number of nitrogens with one attached hydrogen (secondary N) is 1. The van der Waals surface area contributed by atoms with Crippen LogP contribution in [0.15, 0.2) is 18.5 Å². The third kappa shape index (κ3) is 4.70. The molecule has 0 aromatic carbocycles. The largest absolute Gasteiger partial charge is 0.375 e. The van der Waals surface area contributed by atoms with Crippen molar-refractivity contribution in [3.8, 4) is 0 Å². The van der Waals surface area contributed by atoms with Crippen LogP contribution in [0.25, 0.3) is 0 Å². The monoisotopic (exact) mass is 248 g/mol. The number of ether oxygens (including phenoxy) is 1. The molecule has 1 aromatic heterocycles. The van der Waals surface area contributed by atoms with Gasteiger partial charge in [0.15, 0.2) is 0 Å². The molecular weight excluding hydrogens is 233 g/mol. The summed E-state index contributed by atoms with van der Waals surface area (Å²) in [5.41, 5.74) is 0.461. The molecule has 3 nitrogen and oxygen atoms in total. The number of pyridine rings is 1. The molecule has 0 spiro atoms. The standard InChI is InChI=1S/C11H15F3N2O/c1-15-10(3-5-17-7-11(13)14)8-2-4-16-6-9(8)12/h2,4,6,10-11,15H,3,5,7H2,1H3. The molecule has 17 heavy (non-hydrogen) atoms. The van der Waals surface area contributed by atoms with E-state index in [1.54, 1.807) is 13.1 Å². The fourth-order valence-corrected chi connectivity index (χ4v) is 1.50. The van der Waals surface area contributed by atoms with Gasteiger partial charge in [-0.15, -0.1) is 0 Å². The zero-order valence-electron chi connectivity index (χ0n) is 9.50. The minimum atomic E-state index is -2.47. The van der Waals surface area contributed by atoms with E-state index in [1.165, 1.54) is 6.20 Å². The van der Waals surface area contributed by atoms with Crippen molar-refractivity contribution in [1.82, 2.24) is 10.3 Å². The number of aromatic nitrogens is 1. The molecule has 0 radical (unpaired) electrons. The molecule has 0 bridgehead atoms. The Morgan fingerprint density at radius 1 is 1.47 bits per heavy atom. The Hall–Kier alpha value is -1.14. The van der Waals surface area contributed by atoms with Gasteiger partial charge < -0.3 is 10.1 Å². The molecule has 1 heterocycles. The normalized spacial score (nSPS) is 13.0. The second-order valence-electron chi connectivity index (χ2n) is 3.49. The van der Waals surface area contributed by atoms with E-state index in [1.807, 2.05) is 0 Å². The quantitative estimate of drug-likeness (QED) is 0.751. The maximum Gasteiger partial charge on any atom is 0.261 e. The number of alkyl halides is 2. The van der Waals surface area contributed by atoms with E-state index in [9.17, 15) is 13.2 Å². The van der Waals surface area contributed by atoms with Gasteiger partial charge in [0.25, 0.3) is 6.43 Å². The molecule has 1 unspecified atom stereocenters. The highest BCUT2D eigenvalue weighted by Crippen LogP contribution is 2.18. The van der Waals surface area contributed by atoms with E-state index in [4.69, 9.17) is 4.74 Å². The maximum absolute atomic E-state index is 13.4. The van der Waals surface area contributed by atoms with E-state index in [0.29, 0.717) is 12.0 Å². The SMILES string of the molecule is CNC(CCOCC(F)F)c1ccncc1F. The minimum absolute atomic E-state index is 0.150. The van der Waals surface area contributed by atoms with Gasteiger partial charge >= 0.3 is 0 Å². The summed E-state index contributed by atoms with van der Waals surface area (Å²) < 4.78 is 41.8. The predicted octanol–water partition coefficient (Wildman–Crippen LogP) is 2.15. The number of hydrogen-bond donors (Lipinski definition) is 1. The molecule has 0 saturated carbocycles. The van der Waals surface area contributed by atoms with Gasteiger partial charge in [-0.1, -0.05) is 0 Å². The van der Waals surface area contributed by atoms with Crippen molar-refractivity contribution in [2.24, 2.45) is 0 Å². The maximum atomic E-state index is 13.4. The first kappa shape index (κ1) is 13.9. The molecule has 0 aliphatic heterocycles. The van der Waals surface area contributed by atoms with E-state index >= 15 is 0 Å². The van der Waals surface area contributed by atoms with Gasteiger partial charge in [-0.05, 0) is 19.5 Å². The Morgan fingerprint density at radius 3 is 2.82 bits per heavy atom. The van der Waals surface area contributed by atoms with Crippen LogP contribution >= 0.6 is 0 Å². The first-order valence-electron chi connectivity index (χ1n) is 5.27. The summed E-state index contributed by atoms with van der Waals surface area (Å²) in [7, 11) is 1.68. The van der Waals surface area contributed by atoms with Crippen molar-refractivity contribution >= 4 is 0 Å². The Labute approximate surface area is 98.0 Å². The van der Waals surface area contributed by atoms with Gasteiger partial charge in [0, 0.05) is 24.4 Å². The zero-order valence-corrected chi connectivity index (χ0v) is 9.50. The molecule has 96 valence electrons. The fourth-order valence-electron chi connectivity index (χ4n) is 1.50. The molecule has 1 aromatic rings. The van der Waals surface area contributed by atoms with Gasteiger partial charge in [-0.25, -0.2) is 13.2 Å². The topological polar surface area (TPSA) is 34.1 Å². The lowest BCUT2D eigenvalue weighted by atomic mass is 10.1. The van der Waals surface area contributed by atoms with Crippen molar-refractivity contribution < 1.29 is 17.9 Å². The van der Waals surface area contributed by atoms with Gasteiger partial charge in [0.2, 0.25) is 0 Å². The average Bonchev–Trinajstić information content (AvgIpc) is 2.30. The van der Waals surface area contributed by atoms with E-state index in [0.717, 1.165) is 6.20 Å². The summed E-state index contributed by atoms with van der Waals surface area (Å²) in [4.78, 5) is 3.65. The molecule has 0 aliphatic carbocycles. The molecule has 1 N–H and O–H groups in total. The fraction of sp³-hybridized carbons (Fsp3) is 0.545. The number of nitrogens with zero attached hydrogens (tertiary/aromatic N) is 1. The van der Waals surface area contributed by atoms with Gasteiger partial charge in [0.1, 0.15) is 12.4 Å². The lowest BCUT2D eigenvalue weighted by Crippen LogP contribution is -2.20. The molecule has 1 rings (SSSR count). The number of rotatable bonds is 7. The van der Waals surface area contributed by atoms with Crippen LogP contribution in [0.4, 0.5) is 13.2 Å². The Bertz CT molecular complexity index is 336. The van der Waals surface area contributed by atoms with Crippen molar-refractivity contribution in [2.45, 2.75) is 18.9 Å². The summed E-state index contributed by atoms with van der Waals surface area (Å²) in [5, 5.41) is 2.91. The van der Waals surface area contributed by atoms with E-state index < -0.39 is 18.8 Å². The predicted molar refractivity (Wildman–Crippen MR) is 57.4 cm³/mol. The number of halogens is 3. The van der Waals surface area contributed by atoms with Crippen LogP contribution in [0.5, 0.6) is 0 Å². The van der Waals surface area contributed by atoms with Crippen LogP contribution in [0, 0.1) is 5.82 Å². The molecular formula is C11H15F3N2O. The van der Waals surface area contributed by atoms with Crippen LogP contribution in [-0.2, 0) is 4.74 Å². The second-order valence-corrected chi connectivity index (χ2v) is 3.49. The van der Waals surface area contributed by atoms with Crippen molar-refractivity contribution in [1.29, 1.82) is 0 Å². The Balaban J connectivity index is 2.46. The Morgan fingerprint density at radius 2 is 2.24 bits per heavy atom. The van der Waals surface area contributed by atoms with Crippen molar-refractivity contribution in [2.75, 3.05) is 20.3 Å². The molecule has 0 fully saturated rings. The lowest BCUT2D eigenvalue weighted by molar-refractivity contribution is 0.0144. The van der Waals surface area contributed by atoms with Crippen molar-refractivity contribution in [3.63, 3.8) is 0 Å². The highest BCUT2D eigenvalue weighted by Gasteiger charge is 2.13. The second kappa shape index (κ2) is 7.24. The molecule has 0 aliphatic rings. The summed E-state index contributed by atoms with van der Waals surface area (Å²) in [6.07, 6.45) is 0.563. The van der Waals surface area contributed by atoms with Crippen LogP contribution in [0.3, 0.4) is 0 Å². The minimum Gasteiger partial charge on any atom is -0.375 e. The van der Waals surface area contributed by atoms with E-state index in [2.05, 4.69) is 10.3 Å². The smallest absolute Gasteiger partial charge is 0.261 e. The first-order valence-corrected chi connectivity index (χ1v) is 5.27. The van der Waals surface area contributed by atoms with Crippen LogP contribution in [0.1, 0.15) is 18.0 Å². The third-order valence-electron chi connectivity index (χ3n) is 2.32. The Kier molecular flexibility index (Phi) is 5.93. The first-order chi connectivity index (χ1) is 8.15. The number of hydrogen-bond acceptors (Lipinski definition) is 3. The van der Waals surface area contributed by atoms with Crippen LogP contribution in [0.2, 0.25) is 0 Å². The average molecular weight is 248 g/mol. The summed E-state index contributed by atoms with van der Waals surface area (Å²) >= 11 is 0. The third-order valence-corrected chi connectivity index (χ3v) is 2.32. The van der Waals surface area contributed by atoms with Crippen LogP contribution < -0.4 is 5.32 Å². The summed E-state index contributed by atoms with van der Waals surface area (Å²) in [5.74, 6) is -0.416. The summed E-state index contributed by atoms with van der Waals surface area (Å²) in [6.45, 7) is -0.438. The molecule has 0 saturated heterocycles. The molecule has 6 heteroatoms. The highest BCUT2D eigenvalue weighted by molar-refractivity contribution is 5.17. The van der Waals surface area contributed by atoms with Crippen molar-refractivity contribution in [3.05, 3.63) is 29.8 Å². The lowest BCUT2D eigenvalue weighted by Gasteiger charge is -2.16. The van der Waals surface area contributed by atoms with Gasteiger partial charge in [-0.2, -0.15) is 0 Å². The summed E-state index contributed by atoms with van der Waals surface area (Å²) in [6, 6.07) is 1.29.